The largest absolute Gasteiger partial charge is 0.353 e. The van der Waals surface area contributed by atoms with Crippen LogP contribution in [0.2, 0.25) is 0 Å². The third-order valence-corrected chi connectivity index (χ3v) is 5.11. The van der Waals surface area contributed by atoms with Crippen molar-refractivity contribution in [1.82, 2.24) is 5.32 Å². The van der Waals surface area contributed by atoms with Gasteiger partial charge in [0.15, 0.2) is 0 Å². The standard InChI is InChI=1S/C18H21N3S/c1-13(2)14-5-7-15(8-6-14)18(9-10-20-12-21-18)17(19)16-4-3-11-22-16/h3-13,17H,19H2,1-2H3,(H,20,21). The molecule has 2 atom stereocenters. The Morgan fingerprint density at radius 1 is 1.18 bits per heavy atom. The number of nitrogens with two attached hydrogens (primary N) is 1. The molecule has 1 aliphatic heterocycles. The van der Waals surface area contributed by atoms with Crippen molar-refractivity contribution < 1.29 is 0 Å². The predicted octanol–water partition coefficient (Wildman–Crippen LogP) is 3.91. The summed E-state index contributed by atoms with van der Waals surface area (Å²) in [4.78, 5) is 5.86. The molecule has 0 amide bonds. The van der Waals surface area contributed by atoms with Crippen LogP contribution in [0, 0.1) is 0 Å². The first-order chi connectivity index (χ1) is 10.6. The van der Waals surface area contributed by atoms with Gasteiger partial charge < -0.3 is 11.1 Å². The van der Waals surface area contributed by atoms with Crippen LogP contribution in [0.5, 0.6) is 0 Å². The molecule has 2 aromatic rings. The Morgan fingerprint density at radius 3 is 2.50 bits per heavy atom. The van der Waals surface area contributed by atoms with Gasteiger partial charge in [-0.05, 0) is 34.6 Å². The average Bonchev–Trinajstić information content (AvgIpc) is 3.09. The normalized spacial score (nSPS) is 21.8. The van der Waals surface area contributed by atoms with Crippen LogP contribution in [0.3, 0.4) is 0 Å². The third-order valence-electron chi connectivity index (χ3n) is 4.15. The molecule has 114 valence electrons. The van der Waals surface area contributed by atoms with Crippen molar-refractivity contribution >= 4 is 17.7 Å². The number of hydrogen-bond donors (Lipinski definition) is 2. The van der Waals surface area contributed by atoms with Gasteiger partial charge in [0.05, 0.1) is 12.4 Å². The van der Waals surface area contributed by atoms with E-state index in [1.54, 1.807) is 17.7 Å². The molecule has 0 bridgehead atoms. The summed E-state index contributed by atoms with van der Waals surface area (Å²) in [6.07, 6.45) is 5.70. The Labute approximate surface area is 135 Å². The molecule has 0 spiro atoms. The number of nitrogens with zero attached hydrogens (tertiary/aromatic N) is 1. The summed E-state index contributed by atoms with van der Waals surface area (Å²) in [5, 5.41) is 5.07. The Kier molecular flexibility index (Phi) is 4.14. The predicted molar refractivity (Wildman–Crippen MR) is 94.2 cm³/mol. The summed E-state index contributed by atoms with van der Waals surface area (Å²) in [7, 11) is 0. The van der Waals surface area contributed by atoms with Gasteiger partial charge in [-0.1, -0.05) is 44.2 Å². The quantitative estimate of drug-likeness (QED) is 0.899. The van der Waals surface area contributed by atoms with E-state index in [1.807, 2.05) is 12.3 Å². The molecular weight excluding hydrogens is 290 g/mol. The SMILES string of the molecule is CC(C)c1ccc(C2(C(N)c3cccs3)C=CNC=N2)cc1. The van der Waals surface area contributed by atoms with E-state index in [9.17, 15) is 0 Å². The number of benzene rings is 1. The lowest BCUT2D eigenvalue weighted by atomic mass is 9.81. The molecule has 0 fully saturated rings. The third kappa shape index (κ3) is 2.60. The molecule has 3 rings (SSSR count). The summed E-state index contributed by atoms with van der Waals surface area (Å²) in [6.45, 7) is 4.40. The summed E-state index contributed by atoms with van der Waals surface area (Å²) in [6, 6.07) is 12.6. The molecule has 3 nitrogen and oxygen atoms in total. The number of thiophene rings is 1. The molecule has 1 aromatic carbocycles. The van der Waals surface area contributed by atoms with E-state index in [1.165, 1.54) is 5.56 Å². The zero-order valence-electron chi connectivity index (χ0n) is 12.9. The summed E-state index contributed by atoms with van der Waals surface area (Å²) in [5.41, 5.74) is 8.49. The molecule has 0 radical (unpaired) electrons. The first-order valence-electron chi connectivity index (χ1n) is 7.50. The first kappa shape index (κ1) is 15.0. The molecule has 2 heterocycles. The molecule has 22 heavy (non-hydrogen) atoms. The minimum atomic E-state index is -0.550. The second kappa shape index (κ2) is 6.07. The summed E-state index contributed by atoms with van der Waals surface area (Å²) in [5.74, 6) is 0.517. The van der Waals surface area contributed by atoms with Crippen LogP contribution < -0.4 is 11.1 Å². The van der Waals surface area contributed by atoms with Gasteiger partial charge in [-0.2, -0.15) is 0 Å². The van der Waals surface area contributed by atoms with Crippen LogP contribution >= 0.6 is 11.3 Å². The zero-order valence-corrected chi connectivity index (χ0v) is 13.7. The maximum atomic E-state index is 6.60. The Bertz CT molecular complexity index is 657. The van der Waals surface area contributed by atoms with Crippen molar-refractivity contribution in [3.63, 3.8) is 0 Å². The first-order valence-corrected chi connectivity index (χ1v) is 8.38. The van der Waals surface area contributed by atoms with E-state index in [2.05, 4.69) is 61.0 Å². The van der Waals surface area contributed by atoms with Gasteiger partial charge in [0, 0.05) is 11.1 Å². The summed E-state index contributed by atoms with van der Waals surface area (Å²) >= 11 is 1.67. The van der Waals surface area contributed by atoms with Crippen LogP contribution in [0.4, 0.5) is 0 Å². The van der Waals surface area contributed by atoms with E-state index in [0.29, 0.717) is 5.92 Å². The van der Waals surface area contributed by atoms with Gasteiger partial charge in [-0.15, -0.1) is 11.3 Å². The maximum absolute atomic E-state index is 6.60. The second-order valence-corrected chi connectivity index (χ2v) is 6.83. The Morgan fingerprint density at radius 2 is 1.95 bits per heavy atom. The van der Waals surface area contributed by atoms with Gasteiger partial charge in [0.1, 0.15) is 5.54 Å². The minimum absolute atomic E-state index is 0.202. The molecule has 1 aliphatic rings. The van der Waals surface area contributed by atoms with E-state index < -0.39 is 5.54 Å². The highest BCUT2D eigenvalue weighted by Gasteiger charge is 2.38. The average molecular weight is 311 g/mol. The molecule has 2 unspecified atom stereocenters. The Hall–Kier alpha value is -1.91. The fourth-order valence-electron chi connectivity index (χ4n) is 2.76. The number of hydrogen-bond acceptors (Lipinski definition) is 4. The van der Waals surface area contributed by atoms with Gasteiger partial charge >= 0.3 is 0 Å². The molecule has 1 aromatic heterocycles. The monoisotopic (exact) mass is 311 g/mol. The smallest absolute Gasteiger partial charge is 0.127 e. The van der Waals surface area contributed by atoms with E-state index in [4.69, 9.17) is 10.7 Å². The topological polar surface area (TPSA) is 50.4 Å². The maximum Gasteiger partial charge on any atom is 0.127 e. The fraction of sp³-hybridized carbons (Fsp3) is 0.278. The fourth-order valence-corrected chi connectivity index (χ4v) is 3.56. The highest BCUT2D eigenvalue weighted by Crippen LogP contribution is 2.41. The van der Waals surface area contributed by atoms with Crippen molar-refractivity contribution in [2.45, 2.75) is 31.3 Å². The van der Waals surface area contributed by atoms with Crippen LogP contribution in [0.25, 0.3) is 0 Å². The molecular formula is C18H21N3S. The van der Waals surface area contributed by atoms with Gasteiger partial charge in [-0.25, -0.2) is 0 Å². The highest BCUT2D eigenvalue weighted by atomic mass is 32.1. The second-order valence-electron chi connectivity index (χ2n) is 5.85. The van der Waals surface area contributed by atoms with Crippen molar-refractivity contribution in [2.24, 2.45) is 10.7 Å². The minimum Gasteiger partial charge on any atom is -0.353 e. The molecule has 0 saturated carbocycles. The highest BCUT2D eigenvalue weighted by molar-refractivity contribution is 7.10. The van der Waals surface area contributed by atoms with E-state index in [-0.39, 0.29) is 6.04 Å². The molecule has 0 aliphatic carbocycles. The summed E-state index contributed by atoms with van der Waals surface area (Å²) < 4.78 is 0. The van der Waals surface area contributed by atoms with Gasteiger partial charge in [0.2, 0.25) is 0 Å². The van der Waals surface area contributed by atoms with Crippen molar-refractivity contribution in [2.75, 3.05) is 0 Å². The number of rotatable bonds is 4. The van der Waals surface area contributed by atoms with Crippen LogP contribution in [0.15, 0.2) is 59.0 Å². The number of aliphatic imine (C=N–C) groups is 1. The lowest BCUT2D eigenvalue weighted by Gasteiger charge is -2.34. The Balaban J connectivity index is 2.05. The van der Waals surface area contributed by atoms with E-state index >= 15 is 0 Å². The van der Waals surface area contributed by atoms with Crippen molar-refractivity contribution in [3.05, 3.63) is 70.1 Å². The molecule has 4 heteroatoms. The van der Waals surface area contributed by atoms with Crippen LogP contribution in [-0.2, 0) is 5.54 Å². The van der Waals surface area contributed by atoms with Gasteiger partial charge in [-0.3, -0.25) is 4.99 Å². The lowest BCUT2D eigenvalue weighted by molar-refractivity contribution is 0.453. The van der Waals surface area contributed by atoms with Crippen LogP contribution in [-0.4, -0.2) is 6.34 Å². The molecule has 0 saturated heterocycles. The molecule has 3 N–H and O–H groups in total. The van der Waals surface area contributed by atoms with Gasteiger partial charge in [0.25, 0.3) is 0 Å². The van der Waals surface area contributed by atoms with Crippen molar-refractivity contribution in [1.29, 1.82) is 0 Å². The number of nitrogens with one attached hydrogen (secondary N) is 1. The lowest BCUT2D eigenvalue weighted by Crippen LogP contribution is -2.38. The zero-order chi connectivity index (χ0) is 15.6. The van der Waals surface area contributed by atoms with E-state index in [0.717, 1.165) is 10.4 Å². The van der Waals surface area contributed by atoms with Crippen LogP contribution in [0.1, 0.15) is 41.8 Å². The van der Waals surface area contributed by atoms with Crippen molar-refractivity contribution in [3.8, 4) is 0 Å².